The predicted octanol–water partition coefficient (Wildman–Crippen LogP) is 5.32. The van der Waals surface area contributed by atoms with Gasteiger partial charge in [0.15, 0.2) is 5.78 Å². The van der Waals surface area contributed by atoms with E-state index >= 15 is 0 Å². The Labute approximate surface area is 120 Å². The molecule has 0 atom stereocenters. The van der Waals surface area contributed by atoms with Gasteiger partial charge in [0.25, 0.3) is 0 Å². The fourth-order valence-corrected chi connectivity index (χ4v) is 3.13. The Hall–Kier alpha value is -0.930. The Morgan fingerprint density at radius 1 is 1.22 bits per heavy atom. The van der Waals surface area contributed by atoms with Crippen LogP contribution < -0.4 is 0 Å². The molecule has 0 aliphatic heterocycles. The first-order valence-corrected chi connectivity index (χ1v) is 7.50. The fourth-order valence-electron chi connectivity index (χ4n) is 1.66. The number of carbonyl (C=O) groups is 1. The van der Waals surface area contributed by atoms with Crippen molar-refractivity contribution in [2.24, 2.45) is 5.92 Å². The van der Waals surface area contributed by atoms with E-state index in [1.54, 1.807) is 11.3 Å². The Balaban J connectivity index is 2.35. The molecule has 0 aliphatic carbocycles. The highest BCUT2D eigenvalue weighted by molar-refractivity contribution is 9.10. The molecule has 1 nitrogen and oxygen atoms in total. The van der Waals surface area contributed by atoms with Crippen molar-refractivity contribution in [2.45, 2.75) is 20.8 Å². The molecular weight excluding hydrogens is 308 g/mol. The summed E-state index contributed by atoms with van der Waals surface area (Å²) >= 11 is 5.11. The summed E-state index contributed by atoms with van der Waals surface area (Å²) in [6.45, 7) is 5.93. The minimum atomic E-state index is 0.0567. The zero-order valence-corrected chi connectivity index (χ0v) is 13.1. The fraction of sp³-hybridized carbons (Fsp3) is 0.267. The van der Waals surface area contributed by atoms with Crippen LogP contribution in [0.3, 0.4) is 0 Å². The molecule has 1 aromatic carbocycles. The van der Waals surface area contributed by atoms with Crippen molar-refractivity contribution in [1.82, 2.24) is 0 Å². The van der Waals surface area contributed by atoms with Gasteiger partial charge in [0.1, 0.15) is 0 Å². The number of carbonyl (C=O) groups excluding carboxylic acids is 1. The summed E-state index contributed by atoms with van der Waals surface area (Å²) in [6, 6.07) is 10.2. The van der Waals surface area contributed by atoms with Crippen LogP contribution in [0.1, 0.15) is 29.1 Å². The molecule has 0 N–H and O–H groups in total. The number of thiophene rings is 1. The Bertz CT molecular complexity index is 584. The van der Waals surface area contributed by atoms with Crippen LogP contribution in [0.15, 0.2) is 34.8 Å². The Morgan fingerprint density at radius 2 is 1.94 bits per heavy atom. The van der Waals surface area contributed by atoms with Crippen LogP contribution in [0.4, 0.5) is 0 Å². The van der Waals surface area contributed by atoms with E-state index in [0.717, 1.165) is 19.8 Å². The lowest BCUT2D eigenvalue weighted by molar-refractivity contribution is 0.0943. The standard InChI is InChI=1S/C15H15BrOS/c1-9(2)15(17)14-7-6-13(18-14)11-5-4-10(3)12(16)8-11/h4-9H,1-3H3. The summed E-state index contributed by atoms with van der Waals surface area (Å²) in [5.41, 5.74) is 2.37. The molecule has 1 heterocycles. The summed E-state index contributed by atoms with van der Waals surface area (Å²) in [5.74, 6) is 0.277. The van der Waals surface area contributed by atoms with E-state index in [0.29, 0.717) is 0 Å². The normalized spacial score (nSPS) is 10.9. The van der Waals surface area contributed by atoms with Gasteiger partial charge in [-0.1, -0.05) is 41.9 Å². The van der Waals surface area contributed by atoms with Gasteiger partial charge in [-0.05, 0) is 36.2 Å². The number of Topliss-reactive ketones (excluding diaryl/α,β-unsaturated/α-hetero) is 1. The Morgan fingerprint density at radius 3 is 2.56 bits per heavy atom. The quantitative estimate of drug-likeness (QED) is 0.698. The van der Waals surface area contributed by atoms with Gasteiger partial charge in [0, 0.05) is 15.3 Å². The molecule has 94 valence electrons. The third kappa shape index (κ3) is 2.73. The van der Waals surface area contributed by atoms with Crippen LogP contribution in [0.5, 0.6) is 0 Å². The number of benzene rings is 1. The SMILES string of the molecule is Cc1ccc(-c2ccc(C(=O)C(C)C)s2)cc1Br. The molecular formula is C15H15BrOS. The average Bonchev–Trinajstić information content (AvgIpc) is 2.81. The second-order valence-corrected chi connectivity index (χ2v) is 6.58. The van der Waals surface area contributed by atoms with Crippen molar-refractivity contribution in [3.8, 4) is 10.4 Å². The maximum Gasteiger partial charge on any atom is 0.175 e. The van der Waals surface area contributed by atoms with Crippen LogP contribution >= 0.6 is 27.3 Å². The van der Waals surface area contributed by atoms with Gasteiger partial charge in [-0.15, -0.1) is 11.3 Å². The van der Waals surface area contributed by atoms with Crippen LogP contribution in [0.2, 0.25) is 0 Å². The Kier molecular flexibility index (Phi) is 4.03. The smallest absolute Gasteiger partial charge is 0.175 e. The molecule has 0 fully saturated rings. The second-order valence-electron chi connectivity index (χ2n) is 4.65. The second kappa shape index (κ2) is 5.37. The van der Waals surface area contributed by atoms with Gasteiger partial charge in [-0.25, -0.2) is 0 Å². The monoisotopic (exact) mass is 322 g/mol. The minimum absolute atomic E-state index is 0.0567. The molecule has 0 saturated carbocycles. The third-order valence-electron chi connectivity index (χ3n) is 2.83. The van der Waals surface area contributed by atoms with Gasteiger partial charge < -0.3 is 0 Å². The molecule has 0 radical (unpaired) electrons. The average molecular weight is 323 g/mol. The number of hydrogen-bond donors (Lipinski definition) is 0. The number of ketones is 1. The van der Waals surface area contributed by atoms with E-state index in [9.17, 15) is 4.79 Å². The maximum atomic E-state index is 11.9. The summed E-state index contributed by atoms with van der Waals surface area (Å²) in [4.78, 5) is 13.9. The van der Waals surface area contributed by atoms with Crippen LogP contribution in [-0.2, 0) is 0 Å². The highest BCUT2D eigenvalue weighted by atomic mass is 79.9. The number of aryl methyl sites for hydroxylation is 1. The van der Waals surface area contributed by atoms with Crippen LogP contribution in [0.25, 0.3) is 10.4 Å². The molecule has 0 bridgehead atoms. The maximum absolute atomic E-state index is 11.9. The van der Waals surface area contributed by atoms with Crippen molar-refractivity contribution >= 4 is 33.0 Å². The molecule has 2 rings (SSSR count). The zero-order chi connectivity index (χ0) is 13.3. The molecule has 2 aromatic rings. The summed E-state index contributed by atoms with van der Waals surface area (Å²) in [5, 5.41) is 0. The van der Waals surface area contributed by atoms with E-state index in [-0.39, 0.29) is 11.7 Å². The first-order chi connectivity index (χ1) is 8.49. The highest BCUT2D eigenvalue weighted by Crippen LogP contribution is 2.32. The van der Waals surface area contributed by atoms with E-state index in [1.807, 2.05) is 26.0 Å². The van der Waals surface area contributed by atoms with Crippen LogP contribution in [-0.4, -0.2) is 5.78 Å². The molecule has 1 aromatic heterocycles. The summed E-state index contributed by atoms with van der Waals surface area (Å²) in [7, 11) is 0. The molecule has 0 unspecified atom stereocenters. The molecule has 0 saturated heterocycles. The van der Waals surface area contributed by atoms with Gasteiger partial charge >= 0.3 is 0 Å². The summed E-state index contributed by atoms with van der Waals surface area (Å²) in [6.07, 6.45) is 0. The topological polar surface area (TPSA) is 17.1 Å². The van der Waals surface area contributed by atoms with E-state index < -0.39 is 0 Å². The van der Waals surface area contributed by atoms with E-state index in [4.69, 9.17) is 0 Å². The number of rotatable bonds is 3. The molecule has 0 aliphatic rings. The largest absolute Gasteiger partial charge is 0.293 e. The highest BCUT2D eigenvalue weighted by Gasteiger charge is 2.13. The van der Waals surface area contributed by atoms with Crippen molar-refractivity contribution < 1.29 is 4.79 Å². The third-order valence-corrected chi connectivity index (χ3v) is 4.83. The van der Waals surface area contributed by atoms with E-state index in [2.05, 4.69) is 41.1 Å². The molecule has 0 spiro atoms. The lowest BCUT2D eigenvalue weighted by atomic mass is 10.1. The van der Waals surface area contributed by atoms with Gasteiger partial charge in [0.2, 0.25) is 0 Å². The minimum Gasteiger partial charge on any atom is -0.293 e. The number of hydrogen-bond acceptors (Lipinski definition) is 2. The van der Waals surface area contributed by atoms with Gasteiger partial charge in [0.05, 0.1) is 4.88 Å². The lowest BCUT2D eigenvalue weighted by Crippen LogP contribution is -2.04. The zero-order valence-electron chi connectivity index (χ0n) is 10.7. The molecule has 3 heteroatoms. The molecule has 0 amide bonds. The lowest BCUT2D eigenvalue weighted by Gasteiger charge is -2.02. The van der Waals surface area contributed by atoms with Crippen LogP contribution in [0, 0.1) is 12.8 Å². The first-order valence-electron chi connectivity index (χ1n) is 5.89. The number of halogens is 1. The van der Waals surface area contributed by atoms with Crippen molar-refractivity contribution in [3.05, 3.63) is 45.2 Å². The van der Waals surface area contributed by atoms with Gasteiger partial charge in [-0.2, -0.15) is 0 Å². The molecule has 18 heavy (non-hydrogen) atoms. The first kappa shape index (κ1) is 13.5. The van der Waals surface area contributed by atoms with Crippen molar-refractivity contribution in [1.29, 1.82) is 0 Å². The predicted molar refractivity (Wildman–Crippen MR) is 81.4 cm³/mol. The summed E-state index contributed by atoms with van der Waals surface area (Å²) < 4.78 is 1.10. The van der Waals surface area contributed by atoms with E-state index in [1.165, 1.54) is 5.56 Å². The van der Waals surface area contributed by atoms with Crippen molar-refractivity contribution in [3.63, 3.8) is 0 Å². The van der Waals surface area contributed by atoms with Gasteiger partial charge in [-0.3, -0.25) is 4.79 Å². The van der Waals surface area contributed by atoms with Crippen molar-refractivity contribution in [2.75, 3.05) is 0 Å².